The van der Waals surface area contributed by atoms with Gasteiger partial charge < -0.3 is 14.5 Å². The molecule has 138 valence electrons. The van der Waals surface area contributed by atoms with Crippen molar-refractivity contribution in [3.63, 3.8) is 0 Å². The predicted octanol–water partition coefficient (Wildman–Crippen LogP) is 3.33. The number of halogens is 1. The molecule has 0 unspecified atom stereocenters. The van der Waals surface area contributed by atoms with E-state index in [0.717, 1.165) is 10.2 Å². The Bertz CT molecular complexity index is 605. The normalized spacial score (nSPS) is 15.2. The van der Waals surface area contributed by atoms with Crippen LogP contribution in [-0.4, -0.2) is 54.4 Å². The molecule has 25 heavy (non-hydrogen) atoms. The lowest BCUT2D eigenvalue weighted by atomic mass is 9.94. The van der Waals surface area contributed by atoms with E-state index in [1.165, 1.54) is 0 Å². The number of hydrogen-bond acceptors (Lipinski definition) is 3. The van der Waals surface area contributed by atoms with Crippen LogP contribution in [0.3, 0.4) is 0 Å². The zero-order chi connectivity index (χ0) is 18.4. The molecule has 1 saturated heterocycles. The van der Waals surface area contributed by atoms with Gasteiger partial charge in [0.05, 0.1) is 11.1 Å². The lowest BCUT2D eigenvalue weighted by molar-refractivity contribution is -0.145. The molecule has 1 aromatic carbocycles. The van der Waals surface area contributed by atoms with Crippen LogP contribution in [0, 0.1) is 5.41 Å². The summed E-state index contributed by atoms with van der Waals surface area (Å²) in [5.74, 6) is 1.09. The van der Waals surface area contributed by atoms with Gasteiger partial charge in [0.2, 0.25) is 11.8 Å². The molecule has 0 saturated carbocycles. The number of para-hydroxylation sites is 1. The van der Waals surface area contributed by atoms with E-state index in [9.17, 15) is 9.59 Å². The van der Waals surface area contributed by atoms with Gasteiger partial charge in [0, 0.05) is 38.0 Å². The van der Waals surface area contributed by atoms with Gasteiger partial charge in [-0.2, -0.15) is 0 Å². The van der Waals surface area contributed by atoms with Gasteiger partial charge in [-0.3, -0.25) is 9.59 Å². The molecule has 0 spiro atoms. The molecule has 1 aliphatic rings. The molecule has 0 aliphatic carbocycles. The first kappa shape index (κ1) is 19.8. The quantitative estimate of drug-likeness (QED) is 0.699. The fourth-order valence-electron chi connectivity index (χ4n) is 2.76. The molecule has 0 aromatic heterocycles. The molecular weight excluding hydrogens is 384 g/mol. The van der Waals surface area contributed by atoms with Crippen LogP contribution in [0.5, 0.6) is 5.75 Å². The minimum Gasteiger partial charge on any atom is -0.492 e. The van der Waals surface area contributed by atoms with Crippen molar-refractivity contribution in [3.05, 3.63) is 28.7 Å². The first-order valence-electron chi connectivity index (χ1n) is 8.73. The van der Waals surface area contributed by atoms with Crippen LogP contribution in [0.4, 0.5) is 0 Å². The largest absolute Gasteiger partial charge is 0.492 e. The zero-order valence-corrected chi connectivity index (χ0v) is 16.8. The fraction of sp³-hybridized carbons (Fsp3) is 0.579. The van der Waals surface area contributed by atoms with Gasteiger partial charge in [0.15, 0.2) is 0 Å². The number of carbonyl (C=O) groups is 2. The van der Waals surface area contributed by atoms with Gasteiger partial charge in [0.25, 0.3) is 0 Å². The highest BCUT2D eigenvalue weighted by Crippen LogP contribution is 2.24. The molecule has 2 rings (SSSR count). The van der Waals surface area contributed by atoms with Crippen molar-refractivity contribution in [2.45, 2.75) is 33.6 Å². The number of piperazine rings is 1. The summed E-state index contributed by atoms with van der Waals surface area (Å²) in [6.07, 6.45) is 1.15. The summed E-state index contributed by atoms with van der Waals surface area (Å²) in [5, 5.41) is 0. The standard InChI is InChI=1S/C19H27BrN2O3/c1-19(2,3)18(24)22-12-10-21(11-13-22)17(23)9-6-14-25-16-8-5-4-7-15(16)20/h4-5,7-8H,6,9-14H2,1-3H3. The van der Waals surface area contributed by atoms with Crippen LogP contribution >= 0.6 is 15.9 Å². The minimum atomic E-state index is -0.366. The van der Waals surface area contributed by atoms with Crippen LogP contribution in [0.1, 0.15) is 33.6 Å². The third-order valence-corrected chi connectivity index (χ3v) is 4.85. The first-order valence-corrected chi connectivity index (χ1v) is 9.53. The first-order chi connectivity index (χ1) is 11.8. The summed E-state index contributed by atoms with van der Waals surface area (Å²) in [4.78, 5) is 28.3. The predicted molar refractivity (Wildman–Crippen MR) is 101 cm³/mol. The maximum Gasteiger partial charge on any atom is 0.228 e. The fourth-order valence-corrected chi connectivity index (χ4v) is 3.16. The van der Waals surface area contributed by atoms with Crippen molar-refractivity contribution in [2.75, 3.05) is 32.8 Å². The smallest absolute Gasteiger partial charge is 0.228 e. The Morgan fingerprint density at radius 1 is 1.08 bits per heavy atom. The maximum absolute atomic E-state index is 12.3. The molecular formula is C19H27BrN2O3. The number of amides is 2. The van der Waals surface area contributed by atoms with Crippen LogP contribution in [0.2, 0.25) is 0 Å². The van der Waals surface area contributed by atoms with E-state index in [0.29, 0.717) is 45.6 Å². The molecule has 2 amide bonds. The number of benzene rings is 1. The maximum atomic E-state index is 12.3. The van der Waals surface area contributed by atoms with E-state index < -0.39 is 0 Å². The summed E-state index contributed by atoms with van der Waals surface area (Å²) in [7, 11) is 0. The Kier molecular flexibility index (Phi) is 6.87. The molecule has 1 aromatic rings. The van der Waals surface area contributed by atoms with Crippen LogP contribution in [0.15, 0.2) is 28.7 Å². The second-order valence-electron chi connectivity index (χ2n) is 7.31. The van der Waals surface area contributed by atoms with Crippen molar-refractivity contribution in [3.8, 4) is 5.75 Å². The lowest BCUT2D eigenvalue weighted by Crippen LogP contribution is -2.53. The Labute approximate surface area is 158 Å². The number of rotatable bonds is 5. The third-order valence-electron chi connectivity index (χ3n) is 4.19. The highest BCUT2D eigenvalue weighted by Gasteiger charge is 2.30. The minimum absolute atomic E-state index is 0.138. The highest BCUT2D eigenvalue weighted by molar-refractivity contribution is 9.10. The van der Waals surface area contributed by atoms with E-state index >= 15 is 0 Å². The van der Waals surface area contributed by atoms with E-state index in [-0.39, 0.29) is 17.2 Å². The number of carbonyl (C=O) groups excluding carboxylic acids is 2. The summed E-state index contributed by atoms with van der Waals surface area (Å²) >= 11 is 3.44. The van der Waals surface area contributed by atoms with Gasteiger partial charge >= 0.3 is 0 Å². The molecule has 0 N–H and O–H groups in total. The Morgan fingerprint density at radius 3 is 2.28 bits per heavy atom. The van der Waals surface area contributed by atoms with Crippen LogP contribution in [-0.2, 0) is 9.59 Å². The van der Waals surface area contributed by atoms with Gasteiger partial charge in [-0.05, 0) is 34.5 Å². The molecule has 0 radical (unpaired) electrons. The Balaban J connectivity index is 1.69. The van der Waals surface area contributed by atoms with E-state index in [1.54, 1.807) is 0 Å². The Morgan fingerprint density at radius 2 is 1.68 bits per heavy atom. The number of ether oxygens (including phenoxy) is 1. The highest BCUT2D eigenvalue weighted by atomic mass is 79.9. The van der Waals surface area contributed by atoms with E-state index in [1.807, 2.05) is 54.8 Å². The summed E-state index contributed by atoms with van der Waals surface area (Å²) < 4.78 is 6.61. The monoisotopic (exact) mass is 410 g/mol. The van der Waals surface area contributed by atoms with Gasteiger partial charge in [-0.15, -0.1) is 0 Å². The number of nitrogens with zero attached hydrogens (tertiary/aromatic N) is 2. The van der Waals surface area contributed by atoms with E-state index in [2.05, 4.69) is 15.9 Å². The molecule has 6 heteroatoms. The second-order valence-corrected chi connectivity index (χ2v) is 8.16. The van der Waals surface area contributed by atoms with Gasteiger partial charge in [-0.25, -0.2) is 0 Å². The average molecular weight is 411 g/mol. The molecule has 0 atom stereocenters. The number of hydrogen-bond donors (Lipinski definition) is 0. The molecule has 1 fully saturated rings. The van der Waals surface area contributed by atoms with Crippen molar-refractivity contribution < 1.29 is 14.3 Å². The zero-order valence-electron chi connectivity index (χ0n) is 15.3. The third kappa shape index (κ3) is 5.73. The lowest BCUT2D eigenvalue weighted by Gasteiger charge is -2.37. The van der Waals surface area contributed by atoms with E-state index in [4.69, 9.17) is 4.74 Å². The average Bonchev–Trinajstić information content (AvgIpc) is 2.58. The molecule has 1 aliphatic heterocycles. The molecule has 0 bridgehead atoms. The van der Waals surface area contributed by atoms with Crippen molar-refractivity contribution in [2.24, 2.45) is 5.41 Å². The van der Waals surface area contributed by atoms with Crippen LogP contribution in [0.25, 0.3) is 0 Å². The summed E-state index contributed by atoms with van der Waals surface area (Å²) in [6.45, 7) is 8.77. The van der Waals surface area contributed by atoms with Crippen molar-refractivity contribution in [1.29, 1.82) is 0 Å². The summed E-state index contributed by atoms with van der Waals surface area (Å²) in [6, 6.07) is 7.68. The van der Waals surface area contributed by atoms with Crippen molar-refractivity contribution >= 4 is 27.7 Å². The van der Waals surface area contributed by atoms with Gasteiger partial charge in [-0.1, -0.05) is 32.9 Å². The SMILES string of the molecule is CC(C)(C)C(=O)N1CCN(C(=O)CCCOc2ccccc2Br)CC1. The molecule has 5 nitrogen and oxygen atoms in total. The van der Waals surface area contributed by atoms with Crippen LogP contribution < -0.4 is 4.74 Å². The topological polar surface area (TPSA) is 49.9 Å². The second kappa shape index (κ2) is 8.70. The Hall–Kier alpha value is -1.56. The van der Waals surface area contributed by atoms with Gasteiger partial charge in [0.1, 0.15) is 5.75 Å². The molecule has 1 heterocycles. The summed E-state index contributed by atoms with van der Waals surface area (Å²) in [5.41, 5.74) is -0.366. The van der Waals surface area contributed by atoms with Crippen molar-refractivity contribution in [1.82, 2.24) is 9.80 Å².